The number of H-pyrrole nitrogens is 1. The van der Waals surface area contributed by atoms with Gasteiger partial charge in [-0.1, -0.05) is 24.8 Å². The Morgan fingerprint density at radius 3 is 3.00 bits per heavy atom. The van der Waals surface area contributed by atoms with Gasteiger partial charge in [-0.05, 0) is 37.1 Å². The molecule has 0 aliphatic carbocycles. The summed E-state index contributed by atoms with van der Waals surface area (Å²) in [5.41, 5.74) is 5.19. The van der Waals surface area contributed by atoms with Gasteiger partial charge in [-0.15, -0.1) is 0 Å². The van der Waals surface area contributed by atoms with Crippen molar-refractivity contribution in [3.63, 3.8) is 0 Å². The van der Waals surface area contributed by atoms with Crippen LogP contribution in [0.25, 0.3) is 16.5 Å². The topological polar surface area (TPSA) is 31.6 Å². The molecule has 0 radical (unpaired) electrons. The van der Waals surface area contributed by atoms with Crippen LogP contribution in [0.3, 0.4) is 0 Å². The molecule has 2 fully saturated rings. The van der Waals surface area contributed by atoms with Crippen LogP contribution in [0, 0.1) is 5.92 Å². The highest BCUT2D eigenvalue weighted by molar-refractivity contribution is 5.89. The SMILES string of the molecule is C=C1c2[nH]c3ccccc3c2CN2CCC1C1(C2)OC1C. The number of nitrogens with one attached hydrogen (secondary N) is 1. The van der Waals surface area contributed by atoms with Crippen molar-refractivity contribution in [1.29, 1.82) is 0 Å². The monoisotopic (exact) mass is 280 g/mol. The van der Waals surface area contributed by atoms with Gasteiger partial charge in [0.2, 0.25) is 0 Å². The second-order valence-corrected chi connectivity index (χ2v) is 6.82. The van der Waals surface area contributed by atoms with Crippen LogP contribution in [0.2, 0.25) is 0 Å². The summed E-state index contributed by atoms with van der Waals surface area (Å²) in [7, 11) is 0. The third-order valence-corrected chi connectivity index (χ3v) is 5.76. The number of epoxide rings is 1. The summed E-state index contributed by atoms with van der Waals surface area (Å²) in [6.07, 6.45) is 1.53. The van der Waals surface area contributed by atoms with Crippen molar-refractivity contribution in [1.82, 2.24) is 9.88 Å². The van der Waals surface area contributed by atoms with Gasteiger partial charge < -0.3 is 9.72 Å². The molecule has 1 spiro atoms. The average molecular weight is 280 g/mol. The molecule has 6 rings (SSSR count). The fourth-order valence-corrected chi connectivity index (χ4v) is 4.56. The van der Waals surface area contributed by atoms with Crippen molar-refractivity contribution < 1.29 is 4.74 Å². The van der Waals surface area contributed by atoms with Gasteiger partial charge in [0.1, 0.15) is 5.60 Å². The predicted molar refractivity (Wildman–Crippen MR) is 84.0 cm³/mol. The van der Waals surface area contributed by atoms with E-state index in [4.69, 9.17) is 4.74 Å². The normalized spacial score (nSPS) is 37.6. The fraction of sp³-hybridized carbons (Fsp3) is 0.444. The lowest BCUT2D eigenvalue weighted by Gasteiger charge is -2.40. The maximum atomic E-state index is 6.06. The number of nitrogens with zero attached hydrogens (tertiary/aromatic N) is 1. The highest BCUT2D eigenvalue weighted by atomic mass is 16.6. The maximum absolute atomic E-state index is 6.06. The van der Waals surface area contributed by atoms with Crippen molar-refractivity contribution in [2.45, 2.75) is 31.6 Å². The number of rotatable bonds is 0. The number of fused-ring (bicyclic) bond motifs is 2. The standard InChI is InChI=1S/C18H20N2O/c1-11-15-7-8-20(10-18(15)12(2)21-18)9-14-13-5-3-4-6-16(13)19-17(11)14/h3-6,12,15,19H,1,7-10H2,2H3. The van der Waals surface area contributed by atoms with Gasteiger partial charge in [0.15, 0.2) is 0 Å². The van der Waals surface area contributed by atoms with Crippen LogP contribution in [-0.2, 0) is 11.3 Å². The molecular formula is C18H20N2O. The van der Waals surface area contributed by atoms with Gasteiger partial charge in [-0.2, -0.15) is 0 Å². The number of para-hydroxylation sites is 1. The van der Waals surface area contributed by atoms with Crippen LogP contribution in [-0.4, -0.2) is 34.7 Å². The van der Waals surface area contributed by atoms with E-state index in [1.165, 1.54) is 27.7 Å². The number of hydrogen-bond acceptors (Lipinski definition) is 2. The van der Waals surface area contributed by atoms with Crippen molar-refractivity contribution in [3.8, 4) is 0 Å². The highest BCUT2D eigenvalue weighted by Gasteiger charge is 2.62. The van der Waals surface area contributed by atoms with Crippen LogP contribution >= 0.6 is 0 Å². The molecule has 1 aromatic heterocycles. The lowest BCUT2D eigenvalue weighted by molar-refractivity contribution is 0.0973. The number of hydrogen-bond donors (Lipinski definition) is 1. The molecule has 108 valence electrons. The first-order valence-electron chi connectivity index (χ1n) is 7.88. The molecule has 3 nitrogen and oxygen atoms in total. The first-order chi connectivity index (χ1) is 10.2. The van der Waals surface area contributed by atoms with Crippen LogP contribution in [0.5, 0.6) is 0 Å². The number of piperidine rings is 1. The molecular weight excluding hydrogens is 260 g/mol. The van der Waals surface area contributed by atoms with Gasteiger partial charge in [0.25, 0.3) is 0 Å². The molecule has 4 unspecified atom stereocenters. The summed E-state index contributed by atoms with van der Waals surface area (Å²) in [6, 6.07) is 8.60. The minimum absolute atomic E-state index is 0.0321. The van der Waals surface area contributed by atoms with E-state index in [0.717, 1.165) is 26.1 Å². The lowest BCUT2D eigenvalue weighted by Crippen LogP contribution is -2.48. The first kappa shape index (κ1) is 12.0. The van der Waals surface area contributed by atoms with Crippen LogP contribution in [0.15, 0.2) is 30.8 Å². The Hall–Kier alpha value is -1.58. The van der Waals surface area contributed by atoms with E-state index in [1.807, 2.05) is 0 Å². The molecule has 3 heteroatoms. The molecule has 4 aliphatic heterocycles. The zero-order chi connectivity index (χ0) is 14.2. The Morgan fingerprint density at radius 1 is 1.38 bits per heavy atom. The minimum Gasteiger partial charge on any atom is -0.364 e. The van der Waals surface area contributed by atoms with Gasteiger partial charge in [0, 0.05) is 35.6 Å². The Morgan fingerprint density at radius 2 is 2.19 bits per heavy atom. The third-order valence-electron chi connectivity index (χ3n) is 5.76. The first-order valence-corrected chi connectivity index (χ1v) is 7.88. The summed E-state index contributed by atoms with van der Waals surface area (Å²) in [5, 5.41) is 1.35. The number of aromatic amines is 1. The van der Waals surface area contributed by atoms with Crippen molar-refractivity contribution in [3.05, 3.63) is 42.1 Å². The van der Waals surface area contributed by atoms with E-state index in [1.54, 1.807) is 0 Å². The smallest absolute Gasteiger partial charge is 0.114 e. The molecule has 4 atom stereocenters. The van der Waals surface area contributed by atoms with Gasteiger partial charge >= 0.3 is 0 Å². The van der Waals surface area contributed by atoms with Crippen molar-refractivity contribution in [2.75, 3.05) is 13.1 Å². The van der Waals surface area contributed by atoms with Crippen LogP contribution in [0.1, 0.15) is 24.6 Å². The van der Waals surface area contributed by atoms with E-state index in [2.05, 4.69) is 47.7 Å². The van der Waals surface area contributed by atoms with E-state index in [-0.39, 0.29) is 5.60 Å². The summed E-state index contributed by atoms with van der Waals surface area (Å²) in [4.78, 5) is 6.18. The largest absolute Gasteiger partial charge is 0.364 e. The predicted octanol–water partition coefficient (Wildman–Crippen LogP) is 3.17. The lowest BCUT2D eigenvalue weighted by atomic mass is 9.75. The molecule has 5 heterocycles. The molecule has 1 aromatic carbocycles. The van der Waals surface area contributed by atoms with Gasteiger partial charge in [-0.25, -0.2) is 0 Å². The maximum Gasteiger partial charge on any atom is 0.114 e. The highest BCUT2D eigenvalue weighted by Crippen LogP contribution is 2.54. The van der Waals surface area contributed by atoms with E-state index < -0.39 is 0 Å². The van der Waals surface area contributed by atoms with Crippen LogP contribution in [0.4, 0.5) is 0 Å². The quantitative estimate of drug-likeness (QED) is 0.752. The minimum atomic E-state index is 0.0321. The summed E-state index contributed by atoms with van der Waals surface area (Å²) in [5.74, 6) is 0.455. The molecule has 0 amide bonds. The zero-order valence-electron chi connectivity index (χ0n) is 12.4. The Labute approximate surface area is 124 Å². The van der Waals surface area contributed by atoms with E-state index in [9.17, 15) is 0 Å². The second kappa shape index (κ2) is 3.79. The van der Waals surface area contributed by atoms with Crippen molar-refractivity contribution in [2.24, 2.45) is 5.92 Å². The molecule has 0 saturated carbocycles. The molecule has 2 saturated heterocycles. The van der Waals surface area contributed by atoms with Gasteiger partial charge in [0.05, 0.1) is 6.10 Å². The second-order valence-electron chi connectivity index (χ2n) is 6.82. The fourth-order valence-electron chi connectivity index (χ4n) is 4.56. The Bertz CT molecular complexity index is 762. The van der Waals surface area contributed by atoms with Crippen LogP contribution < -0.4 is 0 Å². The molecule has 21 heavy (non-hydrogen) atoms. The van der Waals surface area contributed by atoms with E-state index >= 15 is 0 Å². The molecule has 2 bridgehead atoms. The molecule has 2 aromatic rings. The van der Waals surface area contributed by atoms with Crippen molar-refractivity contribution >= 4 is 16.5 Å². The third kappa shape index (κ3) is 1.46. The number of ether oxygens (including phenoxy) is 1. The number of benzene rings is 1. The van der Waals surface area contributed by atoms with E-state index in [0.29, 0.717) is 12.0 Å². The number of aromatic nitrogens is 1. The summed E-state index contributed by atoms with van der Waals surface area (Å²) < 4.78 is 6.06. The molecule has 1 N–H and O–H groups in total. The average Bonchev–Trinajstić information content (AvgIpc) is 2.95. The molecule has 4 aliphatic rings. The Kier molecular flexibility index (Phi) is 2.17. The van der Waals surface area contributed by atoms with Gasteiger partial charge in [-0.3, -0.25) is 4.90 Å². The zero-order valence-corrected chi connectivity index (χ0v) is 12.4. The Balaban J connectivity index is 1.72. The summed E-state index contributed by atoms with van der Waals surface area (Å²) in [6.45, 7) is 9.88. The summed E-state index contributed by atoms with van der Waals surface area (Å²) >= 11 is 0.